The zero-order valence-electron chi connectivity index (χ0n) is 24.4. The van der Waals surface area contributed by atoms with E-state index in [0.717, 1.165) is 38.5 Å². The molecule has 0 fully saturated rings. The Kier molecular flexibility index (Phi) is 45.9. The van der Waals surface area contributed by atoms with Crippen LogP contribution in [0.3, 0.4) is 0 Å². The molecule has 0 aliphatic carbocycles. The maximum atomic E-state index is 12.1. The topological polar surface area (TPSA) is 74.6 Å². The summed E-state index contributed by atoms with van der Waals surface area (Å²) in [5, 5.41) is 0. The minimum atomic E-state index is -2.82. The maximum absolute atomic E-state index is 12.1. The van der Waals surface area contributed by atoms with Crippen molar-refractivity contribution in [1.82, 2.24) is 0 Å². The fourth-order valence-corrected chi connectivity index (χ4v) is 6.78. The van der Waals surface area contributed by atoms with Crippen LogP contribution >= 0.6 is 15.4 Å². The third kappa shape index (κ3) is 39.1. The number of rotatable bonds is 24. The monoisotopic (exact) mass is 807 g/mol. The van der Waals surface area contributed by atoms with Crippen LogP contribution in [0.25, 0.3) is 0 Å². The molecule has 0 saturated carbocycles. The number of hydrogen-bond donors (Lipinski definition) is 2. The SMILES string of the molecule is CCCCC(CC)C[P+](=O)O.CCCCCCCCCCP(=O)(O)CCCCCCCCCC.[Nd].[Nd]. The van der Waals surface area contributed by atoms with E-state index in [1.54, 1.807) is 0 Å². The van der Waals surface area contributed by atoms with Crippen LogP contribution in [-0.2, 0) is 9.13 Å². The third-order valence-corrected chi connectivity index (χ3v) is 9.54. The van der Waals surface area contributed by atoms with Crippen LogP contribution in [0, 0.1) is 87.6 Å². The molecule has 0 aliphatic heterocycles. The first kappa shape index (κ1) is 45.9. The zero-order valence-corrected chi connectivity index (χ0v) is 32.7. The number of hydrogen-bond acceptors (Lipinski definition) is 2. The molecule has 0 amide bonds. The summed E-state index contributed by atoms with van der Waals surface area (Å²) in [6, 6.07) is 0. The largest absolute Gasteiger partial charge is 0.505 e. The molecule has 0 radical (unpaired) electrons. The van der Waals surface area contributed by atoms with Gasteiger partial charge in [-0.05, 0) is 30.2 Å². The molecule has 0 heterocycles. The molecule has 0 aromatic heterocycles. The quantitative estimate of drug-likeness (QED) is 0.0752. The van der Waals surface area contributed by atoms with Crippen LogP contribution in [0.2, 0.25) is 0 Å². The van der Waals surface area contributed by atoms with Crippen molar-refractivity contribution in [2.75, 3.05) is 18.5 Å². The van der Waals surface area contributed by atoms with Crippen LogP contribution in [0.5, 0.6) is 0 Å². The standard InChI is InChI=1S/C20H43O2P.C8H17O2P.2Nd/c1-3-5-7-9-11-13-15-17-19-23(21,22)20-18-16-14-12-10-8-6-4-2;1-3-5-6-8(4-2)7-11(9)10;;/h3-20H2,1-2H3,(H,21,22);8H,3-7H2,1-2H3;;/p+1. The van der Waals surface area contributed by atoms with E-state index in [1.165, 1.54) is 89.9 Å². The summed E-state index contributed by atoms with van der Waals surface area (Å²) >= 11 is 0. The van der Waals surface area contributed by atoms with E-state index < -0.39 is 15.4 Å². The number of unbranched alkanes of at least 4 members (excludes halogenated alkanes) is 15. The minimum Gasteiger partial charge on any atom is -0.344 e. The smallest absolute Gasteiger partial charge is 0.344 e. The zero-order chi connectivity index (χ0) is 25.9. The van der Waals surface area contributed by atoms with Gasteiger partial charge in [-0.2, -0.15) is 4.89 Å². The van der Waals surface area contributed by atoms with Crippen molar-refractivity contribution in [1.29, 1.82) is 0 Å². The van der Waals surface area contributed by atoms with Gasteiger partial charge < -0.3 is 4.89 Å². The van der Waals surface area contributed by atoms with E-state index in [2.05, 4.69) is 27.7 Å². The Balaban J connectivity index is -0.000000335. The van der Waals surface area contributed by atoms with Gasteiger partial charge in [-0.1, -0.05) is 130 Å². The molecule has 0 aromatic rings. The summed E-state index contributed by atoms with van der Waals surface area (Å²) in [4.78, 5) is 18.7. The predicted octanol–water partition coefficient (Wildman–Crippen LogP) is 10.5. The molecule has 0 spiro atoms. The molecule has 0 aliphatic rings. The Morgan fingerprint density at radius 3 is 1.25 bits per heavy atom. The van der Waals surface area contributed by atoms with Gasteiger partial charge in [0.15, 0.2) is 6.16 Å². The Labute approximate surface area is 292 Å². The van der Waals surface area contributed by atoms with Crippen LogP contribution in [0.1, 0.15) is 156 Å². The van der Waals surface area contributed by atoms with Gasteiger partial charge in [0.2, 0.25) is 7.37 Å². The molecule has 0 aromatic carbocycles. The van der Waals surface area contributed by atoms with Crippen LogP contribution in [-0.4, -0.2) is 28.3 Å². The van der Waals surface area contributed by atoms with Crippen LogP contribution in [0.4, 0.5) is 0 Å². The molecule has 4 nitrogen and oxygen atoms in total. The summed E-state index contributed by atoms with van der Waals surface area (Å²) in [7, 11) is -4.74. The third-order valence-electron chi connectivity index (χ3n) is 6.68. The van der Waals surface area contributed by atoms with E-state index >= 15 is 0 Å². The summed E-state index contributed by atoms with van der Waals surface area (Å²) in [5.74, 6) is 0.462. The fraction of sp³-hybridized carbons (Fsp3) is 1.00. The van der Waals surface area contributed by atoms with E-state index in [0.29, 0.717) is 24.4 Å². The van der Waals surface area contributed by atoms with E-state index in [4.69, 9.17) is 4.89 Å². The van der Waals surface area contributed by atoms with Gasteiger partial charge in [0.25, 0.3) is 0 Å². The molecule has 36 heavy (non-hydrogen) atoms. The molecule has 0 rings (SSSR count). The van der Waals surface area contributed by atoms with Crippen LogP contribution < -0.4 is 0 Å². The van der Waals surface area contributed by atoms with Crippen LogP contribution in [0.15, 0.2) is 0 Å². The van der Waals surface area contributed by atoms with E-state index in [-0.39, 0.29) is 81.7 Å². The second-order valence-corrected chi connectivity index (χ2v) is 13.9. The van der Waals surface area contributed by atoms with Crippen molar-refractivity contribution in [3.05, 3.63) is 0 Å². The molecule has 214 valence electrons. The van der Waals surface area contributed by atoms with Crippen molar-refractivity contribution >= 4 is 15.4 Å². The van der Waals surface area contributed by atoms with Crippen molar-refractivity contribution in [3.63, 3.8) is 0 Å². The van der Waals surface area contributed by atoms with Gasteiger partial charge in [0.1, 0.15) is 0 Å². The van der Waals surface area contributed by atoms with E-state index in [9.17, 15) is 14.0 Å². The summed E-state index contributed by atoms with van der Waals surface area (Å²) in [6.45, 7) is 8.71. The first-order valence-electron chi connectivity index (χ1n) is 14.8. The summed E-state index contributed by atoms with van der Waals surface area (Å²) < 4.78 is 22.6. The van der Waals surface area contributed by atoms with Gasteiger partial charge in [-0.15, -0.1) is 0 Å². The van der Waals surface area contributed by atoms with Crippen molar-refractivity contribution in [3.8, 4) is 0 Å². The Hall–Kier alpha value is 2.95. The minimum absolute atomic E-state index is 0. The maximum Gasteiger partial charge on any atom is 0.505 e. The summed E-state index contributed by atoms with van der Waals surface area (Å²) in [5.41, 5.74) is 0. The van der Waals surface area contributed by atoms with Gasteiger partial charge in [-0.25, -0.2) is 0 Å². The van der Waals surface area contributed by atoms with Gasteiger partial charge >= 0.3 is 8.03 Å². The first-order chi connectivity index (χ1) is 16.3. The average Bonchev–Trinajstić information content (AvgIpc) is 2.80. The molecular weight excluding hydrogens is 751 g/mol. The second-order valence-electron chi connectivity index (χ2n) is 10.2. The molecule has 2 N–H and O–H groups in total. The molecule has 2 atom stereocenters. The van der Waals surface area contributed by atoms with Gasteiger partial charge in [-0.3, -0.25) is 4.57 Å². The molecule has 2 unspecified atom stereocenters. The second kappa shape index (κ2) is 36.0. The van der Waals surface area contributed by atoms with Crippen molar-refractivity contribution < 1.29 is 101 Å². The Morgan fingerprint density at radius 1 is 0.611 bits per heavy atom. The Bertz CT molecular complexity index is 458. The molecule has 8 heteroatoms. The molecule has 0 saturated heterocycles. The molecular formula is C28H61Nd2O4P2+. The van der Waals surface area contributed by atoms with Crippen molar-refractivity contribution in [2.45, 2.75) is 156 Å². The Morgan fingerprint density at radius 2 is 0.944 bits per heavy atom. The van der Waals surface area contributed by atoms with Crippen molar-refractivity contribution in [2.24, 2.45) is 5.92 Å². The normalized spacial score (nSPS) is 12.1. The fourth-order valence-electron chi connectivity index (χ4n) is 4.24. The van der Waals surface area contributed by atoms with E-state index in [1.807, 2.05) is 0 Å². The first-order valence-corrected chi connectivity index (χ1v) is 18.2. The summed E-state index contributed by atoms with van der Waals surface area (Å²) in [6.07, 6.45) is 26.0. The predicted molar refractivity (Wildman–Crippen MR) is 153 cm³/mol. The molecule has 0 bridgehead atoms. The van der Waals surface area contributed by atoms with Gasteiger partial charge in [0.05, 0.1) is 0 Å². The average molecular weight is 812 g/mol. The van der Waals surface area contributed by atoms with Gasteiger partial charge in [0, 0.05) is 99.9 Å².